The lowest BCUT2D eigenvalue weighted by Gasteiger charge is -2.21. The molecule has 0 bridgehead atoms. The zero-order chi connectivity index (χ0) is 18.9. The summed E-state index contributed by atoms with van der Waals surface area (Å²) in [6, 6.07) is 5.98. The molecule has 0 atom stereocenters. The molecule has 2 aromatic rings. The number of carbonyl (C=O) groups is 1. The lowest BCUT2D eigenvalue weighted by molar-refractivity contribution is 0.102. The fourth-order valence-corrected chi connectivity index (χ4v) is 3.66. The first kappa shape index (κ1) is 18.5. The van der Waals surface area contributed by atoms with Gasteiger partial charge in [-0.05, 0) is 82.7 Å². The molecule has 3 rings (SSSR count). The predicted octanol–water partition coefficient (Wildman–Crippen LogP) is 4.48. The first-order valence-electron chi connectivity index (χ1n) is 9.38. The number of benzene rings is 1. The standard InChI is InChI=1S/C21H29N3O2/c1-14-11-18(23-24(14)21(2,3)4)20(25)22-17-12-15-9-7-6-8-10-16(15)13-19(17)26-5/h11-13H,6-10H2,1-5H3,(H,22,25). The van der Waals surface area contributed by atoms with E-state index in [-0.39, 0.29) is 11.4 Å². The first-order chi connectivity index (χ1) is 12.3. The Morgan fingerprint density at radius 1 is 1.12 bits per heavy atom. The topological polar surface area (TPSA) is 56.1 Å². The molecule has 0 spiro atoms. The quantitative estimate of drug-likeness (QED) is 0.826. The fourth-order valence-electron chi connectivity index (χ4n) is 3.66. The summed E-state index contributed by atoms with van der Waals surface area (Å²) in [6.45, 7) is 8.19. The molecule has 1 aliphatic carbocycles. The Morgan fingerprint density at radius 2 is 1.77 bits per heavy atom. The molecule has 5 heteroatoms. The second-order valence-corrected chi connectivity index (χ2v) is 8.09. The molecule has 5 nitrogen and oxygen atoms in total. The number of rotatable bonds is 3. The van der Waals surface area contributed by atoms with Gasteiger partial charge in [-0.3, -0.25) is 9.48 Å². The van der Waals surface area contributed by atoms with Gasteiger partial charge in [-0.1, -0.05) is 6.42 Å². The van der Waals surface area contributed by atoms with Crippen LogP contribution in [0.15, 0.2) is 18.2 Å². The number of methoxy groups -OCH3 is 1. The van der Waals surface area contributed by atoms with Gasteiger partial charge in [0.05, 0.1) is 18.3 Å². The number of nitrogens with zero attached hydrogens (tertiary/aromatic N) is 2. The van der Waals surface area contributed by atoms with Crippen molar-refractivity contribution in [1.29, 1.82) is 0 Å². The van der Waals surface area contributed by atoms with E-state index in [2.05, 4.69) is 43.3 Å². The number of anilines is 1. The number of ether oxygens (including phenoxy) is 1. The summed E-state index contributed by atoms with van der Waals surface area (Å²) in [7, 11) is 1.65. The molecule has 1 aromatic carbocycles. The monoisotopic (exact) mass is 355 g/mol. The van der Waals surface area contributed by atoms with Crippen LogP contribution in [0.2, 0.25) is 0 Å². The number of nitrogens with one attached hydrogen (secondary N) is 1. The molecule has 0 unspecified atom stereocenters. The van der Waals surface area contributed by atoms with Gasteiger partial charge in [0.2, 0.25) is 0 Å². The summed E-state index contributed by atoms with van der Waals surface area (Å²) in [5.74, 6) is 0.508. The van der Waals surface area contributed by atoms with Crippen LogP contribution in [0.25, 0.3) is 0 Å². The maximum Gasteiger partial charge on any atom is 0.276 e. The summed E-state index contributed by atoms with van der Waals surface area (Å²) in [4.78, 5) is 12.8. The SMILES string of the molecule is COc1cc2c(cc1NC(=O)c1cc(C)n(C(C)(C)C)n1)CCCCC2. The minimum Gasteiger partial charge on any atom is -0.495 e. The highest BCUT2D eigenvalue weighted by Gasteiger charge is 2.21. The van der Waals surface area contributed by atoms with E-state index >= 15 is 0 Å². The minimum atomic E-state index is -0.206. The Bertz CT molecular complexity index is 815. The molecule has 1 amide bonds. The Morgan fingerprint density at radius 3 is 2.35 bits per heavy atom. The molecule has 0 saturated heterocycles. The van der Waals surface area contributed by atoms with Crippen LogP contribution in [0.1, 0.15) is 67.3 Å². The lowest BCUT2D eigenvalue weighted by atomic mass is 10.0. The molecule has 140 valence electrons. The maximum atomic E-state index is 12.8. The van der Waals surface area contributed by atoms with Crippen molar-refractivity contribution in [1.82, 2.24) is 9.78 Å². The molecule has 0 fully saturated rings. The average molecular weight is 355 g/mol. The zero-order valence-corrected chi connectivity index (χ0v) is 16.5. The zero-order valence-electron chi connectivity index (χ0n) is 16.5. The van der Waals surface area contributed by atoms with Crippen LogP contribution in [0.3, 0.4) is 0 Å². The molecule has 1 aliphatic rings. The van der Waals surface area contributed by atoms with Gasteiger partial charge in [-0.15, -0.1) is 0 Å². The van der Waals surface area contributed by atoms with Gasteiger partial charge in [0.25, 0.3) is 5.91 Å². The van der Waals surface area contributed by atoms with Crippen LogP contribution in [-0.2, 0) is 18.4 Å². The van der Waals surface area contributed by atoms with E-state index in [0.717, 1.165) is 24.2 Å². The fraction of sp³-hybridized carbons (Fsp3) is 0.524. The van der Waals surface area contributed by atoms with Gasteiger partial charge >= 0.3 is 0 Å². The average Bonchev–Trinajstić information content (AvgIpc) is 2.84. The Hall–Kier alpha value is -2.30. The second-order valence-electron chi connectivity index (χ2n) is 8.09. The van der Waals surface area contributed by atoms with Gasteiger partial charge in [0, 0.05) is 5.69 Å². The number of amides is 1. The Labute approximate surface area is 155 Å². The number of fused-ring (bicyclic) bond motifs is 1. The van der Waals surface area contributed by atoms with Gasteiger partial charge < -0.3 is 10.1 Å². The third-order valence-corrected chi connectivity index (χ3v) is 4.92. The van der Waals surface area contributed by atoms with Crippen molar-refractivity contribution in [2.75, 3.05) is 12.4 Å². The van der Waals surface area contributed by atoms with Crippen molar-refractivity contribution in [3.8, 4) is 5.75 Å². The maximum absolute atomic E-state index is 12.8. The van der Waals surface area contributed by atoms with Crippen molar-refractivity contribution in [2.45, 2.75) is 65.3 Å². The molecule has 26 heavy (non-hydrogen) atoms. The van der Waals surface area contributed by atoms with Crippen LogP contribution >= 0.6 is 0 Å². The molecule has 0 radical (unpaired) electrons. The summed E-state index contributed by atoms with van der Waals surface area (Å²) >= 11 is 0. The summed E-state index contributed by atoms with van der Waals surface area (Å²) in [6.07, 6.45) is 5.80. The van der Waals surface area contributed by atoms with Gasteiger partial charge in [0.15, 0.2) is 5.69 Å². The summed E-state index contributed by atoms with van der Waals surface area (Å²) in [5, 5.41) is 7.50. The summed E-state index contributed by atoms with van der Waals surface area (Å²) < 4.78 is 7.42. The van der Waals surface area contributed by atoms with E-state index < -0.39 is 0 Å². The number of carbonyl (C=O) groups excluding carboxylic acids is 1. The van der Waals surface area contributed by atoms with Crippen molar-refractivity contribution >= 4 is 11.6 Å². The first-order valence-corrected chi connectivity index (χ1v) is 9.38. The van der Waals surface area contributed by atoms with E-state index in [0.29, 0.717) is 11.4 Å². The normalized spacial score (nSPS) is 14.5. The smallest absolute Gasteiger partial charge is 0.276 e. The highest BCUT2D eigenvalue weighted by molar-refractivity contribution is 6.03. The molecule has 1 heterocycles. The number of aromatic nitrogens is 2. The molecule has 0 saturated carbocycles. The number of aryl methyl sites for hydroxylation is 3. The van der Waals surface area contributed by atoms with Crippen molar-refractivity contribution in [2.24, 2.45) is 0 Å². The van der Waals surface area contributed by atoms with Gasteiger partial charge in [0.1, 0.15) is 5.75 Å². The third-order valence-electron chi connectivity index (χ3n) is 4.92. The Balaban J connectivity index is 1.88. The molecule has 0 aliphatic heterocycles. The van der Waals surface area contributed by atoms with Crippen LogP contribution < -0.4 is 10.1 Å². The highest BCUT2D eigenvalue weighted by atomic mass is 16.5. The largest absolute Gasteiger partial charge is 0.495 e. The van der Waals surface area contributed by atoms with Crippen LogP contribution in [0, 0.1) is 6.92 Å². The van der Waals surface area contributed by atoms with Crippen molar-refractivity contribution in [3.05, 3.63) is 40.7 Å². The van der Waals surface area contributed by atoms with Crippen LogP contribution in [0.5, 0.6) is 5.75 Å². The van der Waals surface area contributed by atoms with Gasteiger partial charge in [-0.25, -0.2) is 0 Å². The minimum absolute atomic E-state index is 0.162. The second kappa shape index (κ2) is 7.14. The van der Waals surface area contributed by atoms with Crippen molar-refractivity contribution in [3.63, 3.8) is 0 Å². The highest BCUT2D eigenvalue weighted by Crippen LogP contribution is 2.32. The van der Waals surface area contributed by atoms with E-state index in [1.807, 2.05) is 17.7 Å². The van der Waals surface area contributed by atoms with Gasteiger partial charge in [-0.2, -0.15) is 5.10 Å². The third kappa shape index (κ3) is 3.76. The summed E-state index contributed by atoms with van der Waals surface area (Å²) in [5.41, 5.74) is 4.61. The predicted molar refractivity (Wildman–Crippen MR) is 104 cm³/mol. The van der Waals surface area contributed by atoms with Crippen LogP contribution in [-0.4, -0.2) is 22.8 Å². The number of hydrogen-bond donors (Lipinski definition) is 1. The van der Waals surface area contributed by atoms with E-state index in [4.69, 9.17) is 4.74 Å². The molecular formula is C21H29N3O2. The Kier molecular flexibility index (Phi) is 5.08. The molecule has 1 N–H and O–H groups in total. The van der Waals surface area contributed by atoms with E-state index in [1.54, 1.807) is 7.11 Å². The lowest BCUT2D eigenvalue weighted by Crippen LogP contribution is -2.25. The molecule has 1 aromatic heterocycles. The van der Waals surface area contributed by atoms with Crippen LogP contribution in [0.4, 0.5) is 5.69 Å². The number of hydrogen-bond acceptors (Lipinski definition) is 3. The van der Waals surface area contributed by atoms with E-state index in [9.17, 15) is 4.79 Å². The molecular weight excluding hydrogens is 326 g/mol. The van der Waals surface area contributed by atoms with Crippen molar-refractivity contribution < 1.29 is 9.53 Å². The van der Waals surface area contributed by atoms with E-state index in [1.165, 1.54) is 30.4 Å².